The maximum Gasteiger partial charge on any atom is 0.252 e. The Hall–Kier alpha value is -2.84. The first-order chi connectivity index (χ1) is 14.4. The van der Waals surface area contributed by atoms with Gasteiger partial charge in [-0.25, -0.2) is 17.7 Å². The first-order valence-electron chi connectivity index (χ1n) is 9.95. The number of benzene rings is 1. The molecule has 0 saturated carbocycles. The van der Waals surface area contributed by atoms with Crippen molar-refractivity contribution < 1.29 is 13.2 Å². The predicted octanol–water partition coefficient (Wildman–Crippen LogP) is 2.70. The Kier molecular flexibility index (Phi) is 5.78. The van der Waals surface area contributed by atoms with Crippen LogP contribution in [0.15, 0.2) is 54.9 Å². The molecule has 2 aromatic heterocycles. The van der Waals surface area contributed by atoms with Gasteiger partial charge in [-0.2, -0.15) is 0 Å². The molecular formula is C22H24N4O3S. The molecule has 1 saturated heterocycles. The van der Waals surface area contributed by atoms with E-state index in [1.54, 1.807) is 12.4 Å². The third kappa shape index (κ3) is 4.49. The van der Waals surface area contributed by atoms with Crippen LogP contribution in [0.25, 0.3) is 22.2 Å². The van der Waals surface area contributed by atoms with E-state index < -0.39 is 10.0 Å². The van der Waals surface area contributed by atoms with Crippen LogP contribution in [0, 0.1) is 5.92 Å². The van der Waals surface area contributed by atoms with E-state index in [4.69, 9.17) is 4.98 Å². The standard InChI is InChI=1S/C22H24N4O3S/c1-30(28,29)26-12-8-16(9-13-26)15-24-22(27)19-14-21(17-6-10-23-11-7-17)25-20-5-3-2-4-18(19)20/h2-7,10-11,14,16H,8-9,12-13,15H2,1H3,(H,24,27). The number of rotatable bonds is 5. The number of carbonyl (C=O) groups is 1. The molecule has 3 heterocycles. The van der Waals surface area contributed by atoms with Crippen LogP contribution in [0.3, 0.4) is 0 Å². The number of para-hydroxylation sites is 1. The van der Waals surface area contributed by atoms with Gasteiger partial charge in [0, 0.05) is 43.0 Å². The van der Waals surface area contributed by atoms with Crippen molar-refractivity contribution >= 4 is 26.8 Å². The Balaban J connectivity index is 1.52. The summed E-state index contributed by atoms with van der Waals surface area (Å²) in [6.07, 6.45) is 6.13. The maximum atomic E-state index is 13.1. The van der Waals surface area contributed by atoms with Crippen LogP contribution >= 0.6 is 0 Å². The largest absolute Gasteiger partial charge is 0.352 e. The van der Waals surface area contributed by atoms with Gasteiger partial charge in [-0.3, -0.25) is 9.78 Å². The second-order valence-electron chi connectivity index (χ2n) is 7.62. The lowest BCUT2D eigenvalue weighted by Gasteiger charge is -2.30. The van der Waals surface area contributed by atoms with Gasteiger partial charge in [-0.15, -0.1) is 0 Å². The summed E-state index contributed by atoms with van der Waals surface area (Å²) < 4.78 is 24.8. The molecule has 8 heteroatoms. The van der Waals surface area contributed by atoms with E-state index in [-0.39, 0.29) is 11.8 Å². The van der Waals surface area contributed by atoms with E-state index in [2.05, 4.69) is 10.3 Å². The minimum absolute atomic E-state index is 0.144. The molecular weight excluding hydrogens is 400 g/mol. The van der Waals surface area contributed by atoms with Gasteiger partial charge in [0.1, 0.15) is 0 Å². The zero-order chi connectivity index (χ0) is 21.1. The van der Waals surface area contributed by atoms with Gasteiger partial charge in [-0.1, -0.05) is 18.2 Å². The van der Waals surface area contributed by atoms with Crippen molar-refractivity contribution in [2.45, 2.75) is 12.8 Å². The molecule has 0 bridgehead atoms. The first-order valence-corrected chi connectivity index (χ1v) is 11.8. The lowest BCUT2D eigenvalue weighted by Crippen LogP contribution is -2.41. The Morgan fingerprint density at radius 1 is 1.13 bits per heavy atom. The van der Waals surface area contributed by atoms with E-state index in [1.165, 1.54) is 10.6 Å². The number of piperidine rings is 1. The number of carbonyl (C=O) groups excluding carboxylic acids is 1. The summed E-state index contributed by atoms with van der Waals surface area (Å²) in [5.41, 5.74) is 2.97. The van der Waals surface area contributed by atoms with Crippen molar-refractivity contribution in [1.82, 2.24) is 19.6 Å². The van der Waals surface area contributed by atoms with Crippen molar-refractivity contribution in [2.75, 3.05) is 25.9 Å². The minimum Gasteiger partial charge on any atom is -0.352 e. The topological polar surface area (TPSA) is 92.3 Å². The molecule has 4 rings (SSSR count). The summed E-state index contributed by atoms with van der Waals surface area (Å²) in [7, 11) is -3.14. The highest BCUT2D eigenvalue weighted by Crippen LogP contribution is 2.25. The van der Waals surface area contributed by atoms with Crippen LogP contribution in [-0.4, -0.2) is 54.5 Å². The van der Waals surface area contributed by atoms with Gasteiger partial charge in [0.15, 0.2) is 0 Å². The molecule has 0 atom stereocenters. The smallest absolute Gasteiger partial charge is 0.252 e. The predicted molar refractivity (Wildman–Crippen MR) is 116 cm³/mol. The van der Waals surface area contributed by atoms with E-state index in [9.17, 15) is 13.2 Å². The lowest BCUT2D eigenvalue weighted by atomic mass is 9.98. The van der Waals surface area contributed by atoms with Crippen molar-refractivity contribution in [3.63, 3.8) is 0 Å². The minimum atomic E-state index is -3.14. The van der Waals surface area contributed by atoms with Crippen molar-refractivity contribution in [3.8, 4) is 11.3 Å². The Labute approximate surface area is 176 Å². The number of hydrogen-bond donors (Lipinski definition) is 1. The molecule has 1 aromatic carbocycles. The molecule has 3 aromatic rings. The maximum absolute atomic E-state index is 13.1. The average molecular weight is 425 g/mol. The third-order valence-electron chi connectivity index (χ3n) is 5.53. The molecule has 1 N–H and O–H groups in total. The highest BCUT2D eigenvalue weighted by molar-refractivity contribution is 7.88. The van der Waals surface area contributed by atoms with E-state index in [0.29, 0.717) is 25.2 Å². The van der Waals surface area contributed by atoms with Crippen molar-refractivity contribution in [2.24, 2.45) is 5.92 Å². The fourth-order valence-electron chi connectivity index (χ4n) is 3.81. The number of nitrogens with zero attached hydrogens (tertiary/aromatic N) is 3. The lowest BCUT2D eigenvalue weighted by molar-refractivity contribution is 0.0943. The fourth-order valence-corrected chi connectivity index (χ4v) is 4.69. The molecule has 0 unspecified atom stereocenters. The van der Waals surface area contributed by atoms with Crippen LogP contribution in [0.4, 0.5) is 0 Å². The molecule has 0 radical (unpaired) electrons. The number of aromatic nitrogens is 2. The molecule has 7 nitrogen and oxygen atoms in total. The number of sulfonamides is 1. The van der Waals surface area contributed by atoms with Gasteiger partial charge in [0.25, 0.3) is 5.91 Å². The van der Waals surface area contributed by atoms with Crippen LogP contribution in [0.5, 0.6) is 0 Å². The molecule has 1 aliphatic heterocycles. The number of amides is 1. The summed E-state index contributed by atoms with van der Waals surface area (Å²) in [6, 6.07) is 13.2. The molecule has 1 amide bonds. The zero-order valence-corrected chi connectivity index (χ0v) is 17.6. The van der Waals surface area contributed by atoms with Gasteiger partial charge < -0.3 is 5.32 Å². The Morgan fingerprint density at radius 2 is 1.83 bits per heavy atom. The molecule has 1 aliphatic rings. The van der Waals surface area contributed by atoms with E-state index in [1.807, 2.05) is 42.5 Å². The fraction of sp³-hybridized carbons (Fsp3) is 0.318. The highest BCUT2D eigenvalue weighted by atomic mass is 32.2. The molecule has 0 aliphatic carbocycles. The number of pyridine rings is 2. The molecule has 1 fully saturated rings. The number of fused-ring (bicyclic) bond motifs is 1. The molecule has 30 heavy (non-hydrogen) atoms. The third-order valence-corrected chi connectivity index (χ3v) is 6.83. The molecule has 156 valence electrons. The summed E-state index contributed by atoms with van der Waals surface area (Å²) in [6.45, 7) is 1.53. The van der Waals surface area contributed by atoms with Crippen LogP contribution in [0.2, 0.25) is 0 Å². The van der Waals surface area contributed by atoms with Crippen molar-refractivity contribution in [3.05, 3.63) is 60.4 Å². The van der Waals surface area contributed by atoms with E-state index >= 15 is 0 Å². The second kappa shape index (κ2) is 8.49. The number of nitrogens with one attached hydrogen (secondary N) is 1. The molecule has 0 spiro atoms. The number of hydrogen-bond acceptors (Lipinski definition) is 5. The monoisotopic (exact) mass is 424 g/mol. The van der Waals surface area contributed by atoms with Crippen LogP contribution in [0.1, 0.15) is 23.2 Å². The summed E-state index contributed by atoms with van der Waals surface area (Å²) in [5.74, 6) is 0.120. The first kappa shape index (κ1) is 20.4. The van der Waals surface area contributed by atoms with Crippen molar-refractivity contribution in [1.29, 1.82) is 0 Å². The summed E-state index contributed by atoms with van der Waals surface area (Å²) in [5, 5.41) is 3.85. The second-order valence-corrected chi connectivity index (χ2v) is 9.61. The zero-order valence-electron chi connectivity index (χ0n) is 16.8. The Morgan fingerprint density at radius 3 is 2.53 bits per heavy atom. The highest BCUT2D eigenvalue weighted by Gasteiger charge is 2.25. The summed E-state index contributed by atoms with van der Waals surface area (Å²) >= 11 is 0. The van der Waals surface area contributed by atoms with Crippen LogP contribution in [-0.2, 0) is 10.0 Å². The SMILES string of the molecule is CS(=O)(=O)N1CCC(CNC(=O)c2cc(-c3ccncc3)nc3ccccc23)CC1. The quantitative estimate of drug-likeness (QED) is 0.680. The normalized spacial score (nSPS) is 15.9. The average Bonchev–Trinajstić information content (AvgIpc) is 2.77. The Bertz CT molecular complexity index is 1160. The summed E-state index contributed by atoms with van der Waals surface area (Å²) in [4.78, 5) is 21.8. The van der Waals surface area contributed by atoms with Gasteiger partial charge in [0.2, 0.25) is 10.0 Å². The van der Waals surface area contributed by atoms with Gasteiger partial charge in [0.05, 0.1) is 23.0 Å². The van der Waals surface area contributed by atoms with E-state index in [0.717, 1.165) is 35.0 Å². The van der Waals surface area contributed by atoms with Gasteiger partial charge in [-0.05, 0) is 43.0 Å². The van der Waals surface area contributed by atoms with Crippen LogP contribution < -0.4 is 5.32 Å². The van der Waals surface area contributed by atoms with Gasteiger partial charge >= 0.3 is 0 Å².